The molecule has 0 unspecified atom stereocenters. The maximum absolute atomic E-state index is 11.9. The third-order valence-corrected chi connectivity index (χ3v) is 3.70. The van der Waals surface area contributed by atoms with E-state index in [0.29, 0.717) is 12.3 Å². The van der Waals surface area contributed by atoms with Crippen molar-refractivity contribution in [1.82, 2.24) is 10.6 Å². The van der Waals surface area contributed by atoms with Crippen LogP contribution in [0.5, 0.6) is 0 Å². The average Bonchev–Trinajstić information content (AvgIpc) is 2.44. The Morgan fingerprint density at radius 1 is 1.27 bits per heavy atom. The van der Waals surface area contributed by atoms with Crippen LogP contribution in [0, 0.1) is 5.92 Å². The number of alkyl carbamates (subject to hydrolysis) is 1. The molecule has 22 heavy (non-hydrogen) atoms. The monoisotopic (exact) mass is 314 g/mol. The predicted octanol–water partition coefficient (Wildman–Crippen LogP) is 2.22. The first kappa shape index (κ1) is 18.7. The van der Waals surface area contributed by atoms with Crippen molar-refractivity contribution in [2.24, 2.45) is 5.92 Å². The van der Waals surface area contributed by atoms with Crippen molar-refractivity contribution < 1.29 is 19.1 Å². The van der Waals surface area contributed by atoms with Crippen molar-refractivity contribution in [3.05, 3.63) is 0 Å². The summed E-state index contributed by atoms with van der Waals surface area (Å²) in [4.78, 5) is 23.7. The molecule has 1 heterocycles. The maximum Gasteiger partial charge on any atom is 0.408 e. The summed E-state index contributed by atoms with van der Waals surface area (Å²) in [6.07, 6.45) is 4.21. The Balaban J connectivity index is 2.39. The number of nitrogens with one attached hydrogen (secondary N) is 2. The number of rotatable bonds is 6. The third-order valence-electron chi connectivity index (χ3n) is 3.70. The topological polar surface area (TPSA) is 76.7 Å². The minimum Gasteiger partial charge on any atom is -0.444 e. The van der Waals surface area contributed by atoms with Gasteiger partial charge in [-0.25, -0.2) is 4.79 Å². The van der Waals surface area contributed by atoms with Gasteiger partial charge in [0, 0.05) is 20.3 Å². The van der Waals surface area contributed by atoms with Gasteiger partial charge in [0.15, 0.2) is 0 Å². The molecule has 0 saturated carbocycles. The van der Waals surface area contributed by atoms with Crippen molar-refractivity contribution in [2.75, 3.05) is 20.3 Å². The van der Waals surface area contributed by atoms with E-state index in [4.69, 9.17) is 9.47 Å². The number of carbonyl (C=O) groups excluding carboxylic acids is 2. The SMILES string of the molecule is CNC(=O)[C@H](CCCC1CCOCC1)NC(=O)OC(C)(C)C. The Bertz CT molecular complexity index is 360. The van der Waals surface area contributed by atoms with Crippen LogP contribution in [0.4, 0.5) is 4.79 Å². The molecule has 0 aromatic rings. The van der Waals surface area contributed by atoms with Crippen molar-refractivity contribution in [3.63, 3.8) is 0 Å². The quantitative estimate of drug-likeness (QED) is 0.788. The van der Waals surface area contributed by atoms with E-state index in [2.05, 4.69) is 10.6 Å². The highest BCUT2D eigenvalue weighted by Crippen LogP contribution is 2.21. The molecule has 6 heteroatoms. The van der Waals surface area contributed by atoms with Crippen molar-refractivity contribution in [2.45, 2.75) is 64.5 Å². The van der Waals surface area contributed by atoms with Crippen molar-refractivity contribution in [3.8, 4) is 0 Å². The number of amides is 2. The molecule has 0 aromatic heterocycles. The van der Waals surface area contributed by atoms with Crippen LogP contribution in [0.1, 0.15) is 52.9 Å². The van der Waals surface area contributed by atoms with Gasteiger partial charge in [-0.3, -0.25) is 4.79 Å². The molecule has 0 bridgehead atoms. The maximum atomic E-state index is 11.9. The molecule has 0 spiro atoms. The van der Waals surface area contributed by atoms with E-state index in [9.17, 15) is 9.59 Å². The zero-order chi connectivity index (χ0) is 16.6. The molecular weight excluding hydrogens is 284 g/mol. The molecule has 0 aliphatic carbocycles. The van der Waals surface area contributed by atoms with Crippen LogP contribution < -0.4 is 10.6 Å². The molecule has 1 rings (SSSR count). The lowest BCUT2D eigenvalue weighted by Crippen LogP contribution is -2.47. The molecule has 1 aliphatic rings. The molecule has 6 nitrogen and oxygen atoms in total. The lowest BCUT2D eigenvalue weighted by atomic mass is 9.93. The smallest absolute Gasteiger partial charge is 0.408 e. The van der Waals surface area contributed by atoms with Gasteiger partial charge in [-0.05, 0) is 46.0 Å². The highest BCUT2D eigenvalue weighted by atomic mass is 16.6. The van der Waals surface area contributed by atoms with Gasteiger partial charge in [-0.2, -0.15) is 0 Å². The molecule has 2 N–H and O–H groups in total. The number of likely N-dealkylation sites (N-methyl/N-ethyl adjacent to an activating group) is 1. The van der Waals surface area contributed by atoms with E-state index >= 15 is 0 Å². The van der Waals surface area contributed by atoms with Crippen molar-refractivity contribution >= 4 is 12.0 Å². The highest BCUT2D eigenvalue weighted by molar-refractivity contribution is 5.85. The van der Waals surface area contributed by atoms with Crippen molar-refractivity contribution in [1.29, 1.82) is 0 Å². The van der Waals surface area contributed by atoms with Crippen LogP contribution >= 0.6 is 0 Å². The lowest BCUT2D eigenvalue weighted by Gasteiger charge is -2.24. The minimum atomic E-state index is -0.570. The summed E-state index contributed by atoms with van der Waals surface area (Å²) >= 11 is 0. The van der Waals surface area contributed by atoms with Crippen LogP contribution in [0.15, 0.2) is 0 Å². The van der Waals surface area contributed by atoms with E-state index in [1.807, 2.05) is 0 Å². The Morgan fingerprint density at radius 3 is 2.45 bits per heavy atom. The molecule has 2 amide bonds. The zero-order valence-electron chi connectivity index (χ0n) is 14.2. The first-order valence-corrected chi connectivity index (χ1v) is 8.10. The summed E-state index contributed by atoms with van der Waals surface area (Å²) in [6.45, 7) is 7.06. The van der Waals surface area contributed by atoms with Gasteiger partial charge in [0.05, 0.1) is 0 Å². The zero-order valence-corrected chi connectivity index (χ0v) is 14.2. The van der Waals surface area contributed by atoms with E-state index in [1.54, 1.807) is 27.8 Å². The van der Waals surface area contributed by atoms with Gasteiger partial charge >= 0.3 is 6.09 Å². The molecule has 1 saturated heterocycles. The average molecular weight is 314 g/mol. The van der Waals surface area contributed by atoms with E-state index in [-0.39, 0.29) is 5.91 Å². The second-order valence-corrected chi connectivity index (χ2v) is 6.80. The normalized spacial score (nSPS) is 17.6. The summed E-state index contributed by atoms with van der Waals surface area (Å²) < 4.78 is 10.6. The largest absolute Gasteiger partial charge is 0.444 e. The van der Waals surface area contributed by atoms with E-state index in [0.717, 1.165) is 38.9 Å². The molecule has 1 atom stereocenters. The molecule has 0 radical (unpaired) electrons. The Morgan fingerprint density at radius 2 is 1.91 bits per heavy atom. The fraction of sp³-hybridized carbons (Fsp3) is 0.875. The van der Waals surface area contributed by atoms with Crippen LogP contribution in [0.2, 0.25) is 0 Å². The van der Waals surface area contributed by atoms with Crippen LogP contribution in [-0.2, 0) is 14.3 Å². The first-order chi connectivity index (χ1) is 10.3. The summed E-state index contributed by atoms with van der Waals surface area (Å²) in [7, 11) is 1.57. The molecule has 1 fully saturated rings. The fourth-order valence-corrected chi connectivity index (χ4v) is 2.54. The van der Waals surface area contributed by atoms with E-state index in [1.165, 1.54) is 0 Å². The fourth-order valence-electron chi connectivity index (χ4n) is 2.54. The number of hydrogen-bond acceptors (Lipinski definition) is 4. The number of ether oxygens (including phenoxy) is 2. The Kier molecular flexibility index (Phi) is 7.65. The van der Waals surface area contributed by atoms with Crippen LogP contribution in [0.25, 0.3) is 0 Å². The standard InChI is InChI=1S/C16H30N2O4/c1-16(2,3)22-15(20)18-13(14(19)17-4)7-5-6-12-8-10-21-11-9-12/h12-13H,5-11H2,1-4H3,(H,17,19)(H,18,20)/t13-/m0/s1. The van der Waals surface area contributed by atoms with Gasteiger partial charge in [-0.1, -0.05) is 12.8 Å². The second kappa shape index (κ2) is 8.98. The van der Waals surface area contributed by atoms with Gasteiger partial charge in [0.2, 0.25) is 5.91 Å². The van der Waals surface area contributed by atoms with E-state index < -0.39 is 17.7 Å². The Labute approximate surface area is 133 Å². The summed E-state index contributed by atoms with van der Waals surface area (Å²) in [5, 5.41) is 5.26. The van der Waals surface area contributed by atoms with Gasteiger partial charge in [-0.15, -0.1) is 0 Å². The molecule has 1 aliphatic heterocycles. The lowest BCUT2D eigenvalue weighted by molar-refractivity contribution is -0.122. The third kappa shape index (κ3) is 7.64. The second-order valence-electron chi connectivity index (χ2n) is 6.80. The first-order valence-electron chi connectivity index (χ1n) is 8.10. The summed E-state index contributed by atoms with van der Waals surface area (Å²) in [5.74, 6) is 0.485. The van der Waals surface area contributed by atoms with Gasteiger partial charge < -0.3 is 20.1 Å². The molecular formula is C16H30N2O4. The van der Waals surface area contributed by atoms with Crippen LogP contribution in [0.3, 0.4) is 0 Å². The Hall–Kier alpha value is -1.30. The highest BCUT2D eigenvalue weighted by Gasteiger charge is 2.24. The predicted molar refractivity (Wildman–Crippen MR) is 84.6 cm³/mol. The van der Waals surface area contributed by atoms with Gasteiger partial charge in [0.1, 0.15) is 11.6 Å². The summed E-state index contributed by atoms with van der Waals surface area (Å²) in [6, 6.07) is -0.542. The van der Waals surface area contributed by atoms with Crippen LogP contribution in [-0.4, -0.2) is 43.9 Å². The molecule has 128 valence electrons. The number of hydrogen-bond donors (Lipinski definition) is 2. The van der Waals surface area contributed by atoms with Gasteiger partial charge in [0.25, 0.3) is 0 Å². The minimum absolute atomic E-state index is 0.183. The summed E-state index contributed by atoms with van der Waals surface area (Å²) in [5.41, 5.74) is -0.570. The number of carbonyl (C=O) groups is 2. The molecule has 0 aromatic carbocycles.